The Bertz CT molecular complexity index is 338. The Morgan fingerprint density at radius 2 is 1.94 bits per heavy atom. The molecule has 0 N–H and O–H groups in total. The first-order chi connectivity index (χ1) is 8.25. The number of nitrogens with zero attached hydrogens (tertiary/aromatic N) is 1. The molecule has 3 saturated carbocycles. The molecule has 0 amide bonds. The summed E-state index contributed by atoms with van der Waals surface area (Å²) in [6, 6.07) is 0. The van der Waals surface area contributed by atoms with Crippen molar-refractivity contribution in [3.8, 4) is 0 Å². The summed E-state index contributed by atoms with van der Waals surface area (Å²) in [5, 5.41) is 0. The zero-order chi connectivity index (χ0) is 13.6. The summed E-state index contributed by atoms with van der Waals surface area (Å²) >= 11 is 0. The van der Waals surface area contributed by atoms with Crippen LogP contribution in [0.15, 0.2) is 4.99 Å². The standard InChI is InChI=1S/C17H31N/c1-7-10-18-12-15(2,3)17(6)9-8-13-11-14(17)16(13,4)5/h12-14H,7-11H2,1-6H3. The van der Waals surface area contributed by atoms with Crippen LogP contribution in [0.1, 0.15) is 67.2 Å². The molecule has 0 aromatic heterocycles. The van der Waals surface area contributed by atoms with Crippen LogP contribution in [0.3, 0.4) is 0 Å². The SMILES string of the molecule is CCCN=CC(C)(C)C1(C)CCC2CC1C2(C)C. The second-order valence-electron chi connectivity index (χ2n) is 8.02. The molecule has 0 heterocycles. The molecule has 18 heavy (non-hydrogen) atoms. The average molecular weight is 249 g/mol. The molecule has 1 heteroatoms. The second-order valence-corrected chi connectivity index (χ2v) is 8.02. The van der Waals surface area contributed by atoms with E-state index in [1.165, 1.54) is 19.3 Å². The van der Waals surface area contributed by atoms with E-state index in [1.54, 1.807) is 0 Å². The van der Waals surface area contributed by atoms with Crippen LogP contribution in [-0.2, 0) is 0 Å². The molecular formula is C17H31N. The van der Waals surface area contributed by atoms with Crippen molar-refractivity contribution in [3.05, 3.63) is 0 Å². The van der Waals surface area contributed by atoms with Crippen LogP contribution in [0, 0.1) is 28.1 Å². The van der Waals surface area contributed by atoms with Gasteiger partial charge in [-0.15, -0.1) is 0 Å². The van der Waals surface area contributed by atoms with Gasteiger partial charge in [0.15, 0.2) is 0 Å². The van der Waals surface area contributed by atoms with Crippen LogP contribution in [0.25, 0.3) is 0 Å². The maximum absolute atomic E-state index is 4.66. The van der Waals surface area contributed by atoms with Gasteiger partial charge in [0, 0.05) is 18.2 Å². The Morgan fingerprint density at radius 1 is 1.28 bits per heavy atom. The van der Waals surface area contributed by atoms with Crippen molar-refractivity contribution in [2.24, 2.45) is 33.1 Å². The summed E-state index contributed by atoms with van der Waals surface area (Å²) in [7, 11) is 0. The number of hydrogen-bond donors (Lipinski definition) is 0. The van der Waals surface area contributed by atoms with E-state index in [1.807, 2.05) is 0 Å². The molecule has 0 aromatic carbocycles. The summed E-state index contributed by atoms with van der Waals surface area (Å²) in [5.74, 6) is 1.87. The number of rotatable bonds is 4. The predicted molar refractivity (Wildman–Crippen MR) is 80.2 cm³/mol. The van der Waals surface area contributed by atoms with Gasteiger partial charge in [-0.2, -0.15) is 0 Å². The minimum atomic E-state index is 0.232. The van der Waals surface area contributed by atoms with Crippen molar-refractivity contribution in [2.45, 2.75) is 67.2 Å². The maximum Gasteiger partial charge on any atom is 0.0383 e. The van der Waals surface area contributed by atoms with E-state index in [9.17, 15) is 0 Å². The van der Waals surface area contributed by atoms with Crippen molar-refractivity contribution in [1.29, 1.82) is 0 Å². The number of aliphatic imine (C=N–C) groups is 1. The summed E-state index contributed by atoms with van der Waals surface area (Å²) in [4.78, 5) is 4.66. The van der Waals surface area contributed by atoms with Gasteiger partial charge in [0.1, 0.15) is 0 Å². The third-order valence-corrected chi connectivity index (χ3v) is 6.49. The average Bonchev–Trinajstić information content (AvgIpc) is 2.28. The Kier molecular flexibility index (Phi) is 3.41. The van der Waals surface area contributed by atoms with Gasteiger partial charge < -0.3 is 0 Å². The van der Waals surface area contributed by atoms with E-state index in [4.69, 9.17) is 0 Å². The van der Waals surface area contributed by atoms with Crippen LogP contribution in [0.4, 0.5) is 0 Å². The van der Waals surface area contributed by atoms with E-state index in [-0.39, 0.29) is 5.41 Å². The molecule has 3 fully saturated rings. The van der Waals surface area contributed by atoms with Gasteiger partial charge in [-0.3, -0.25) is 4.99 Å². The summed E-state index contributed by atoms with van der Waals surface area (Å²) in [6.07, 6.45) is 7.68. The highest BCUT2D eigenvalue weighted by Gasteiger charge is 2.62. The first kappa shape index (κ1) is 14.1. The van der Waals surface area contributed by atoms with Gasteiger partial charge in [0.2, 0.25) is 0 Å². The Morgan fingerprint density at radius 3 is 2.44 bits per heavy atom. The van der Waals surface area contributed by atoms with E-state index in [2.05, 4.69) is 52.7 Å². The monoisotopic (exact) mass is 249 g/mol. The third-order valence-electron chi connectivity index (χ3n) is 6.49. The van der Waals surface area contributed by atoms with Crippen molar-refractivity contribution in [3.63, 3.8) is 0 Å². The molecule has 0 radical (unpaired) electrons. The fourth-order valence-electron chi connectivity index (χ4n) is 4.58. The van der Waals surface area contributed by atoms with Gasteiger partial charge in [0.25, 0.3) is 0 Å². The lowest BCUT2D eigenvalue weighted by Gasteiger charge is -2.68. The van der Waals surface area contributed by atoms with Gasteiger partial charge in [-0.25, -0.2) is 0 Å². The van der Waals surface area contributed by atoms with Crippen molar-refractivity contribution in [2.75, 3.05) is 6.54 Å². The molecule has 104 valence electrons. The van der Waals surface area contributed by atoms with Crippen molar-refractivity contribution < 1.29 is 0 Å². The largest absolute Gasteiger partial charge is 0.297 e. The molecule has 3 rings (SSSR count). The van der Waals surface area contributed by atoms with Crippen molar-refractivity contribution in [1.82, 2.24) is 0 Å². The Balaban J connectivity index is 2.20. The normalized spacial score (nSPS) is 38.8. The van der Waals surface area contributed by atoms with Crippen LogP contribution in [0.2, 0.25) is 0 Å². The third kappa shape index (κ3) is 1.85. The fraction of sp³-hybridized carbons (Fsp3) is 0.941. The predicted octanol–water partition coefficient (Wildman–Crippen LogP) is 4.96. The van der Waals surface area contributed by atoms with E-state index in [0.29, 0.717) is 10.8 Å². The highest BCUT2D eigenvalue weighted by Crippen LogP contribution is 2.69. The fourth-order valence-corrected chi connectivity index (χ4v) is 4.58. The molecule has 3 aliphatic rings. The van der Waals surface area contributed by atoms with Crippen LogP contribution >= 0.6 is 0 Å². The molecular weight excluding hydrogens is 218 g/mol. The zero-order valence-corrected chi connectivity index (χ0v) is 13.2. The minimum absolute atomic E-state index is 0.232. The quantitative estimate of drug-likeness (QED) is 0.625. The number of fused-ring (bicyclic) bond motifs is 2. The lowest BCUT2D eigenvalue weighted by atomic mass is 9.37. The lowest BCUT2D eigenvalue weighted by Crippen LogP contribution is -2.61. The lowest BCUT2D eigenvalue weighted by molar-refractivity contribution is -0.177. The maximum atomic E-state index is 4.66. The topological polar surface area (TPSA) is 12.4 Å². The van der Waals surface area contributed by atoms with Crippen LogP contribution in [0.5, 0.6) is 0 Å². The first-order valence-electron chi connectivity index (χ1n) is 7.76. The van der Waals surface area contributed by atoms with Crippen LogP contribution in [-0.4, -0.2) is 12.8 Å². The summed E-state index contributed by atoms with van der Waals surface area (Å²) in [6.45, 7) is 15.5. The first-order valence-corrected chi connectivity index (χ1v) is 7.76. The molecule has 0 aliphatic heterocycles. The van der Waals surface area contributed by atoms with E-state index in [0.717, 1.165) is 24.8 Å². The van der Waals surface area contributed by atoms with E-state index >= 15 is 0 Å². The molecule has 0 saturated heterocycles. The minimum Gasteiger partial charge on any atom is -0.297 e. The molecule has 3 aliphatic carbocycles. The van der Waals surface area contributed by atoms with E-state index < -0.39 is 0 Å². The molecule has 0 spiro atoms. The molecule has 0 aromatic rings. The highest BCUT2D eigenvalue weighted by molar-refractivity contribution is 5.66. The van der Waals surface area contributed by atoms with Gasteiger partial charge in [-0.1, -0.05) is 41.5 Å². The molecule has 1 nitrogen and oxygen atoms in total. The summed E-state index contributed by atoms with van der Waals surface area (Å²) < 4.78 is 0. The van der Waals surface area contributed by atoms with Crippen LogP contribution < -0.4 is 0 Å². The second kappa shape index (κ2) is 4.35. The van der Waals surface area contributed by atoms with Gasteiger partial charge in [0.05, 0.1) is 0 Å². The molecule has 3 atom stereocenters. The number of hydrogen-bond acceptors (Lipinski definition) is 1. The molecule has 3 unspecified atom stereocenters. The molecule has 2 bridgehead atoms. The smallest absolute Gasteiger partial charge is 0.0383 e. The highest BCUT2D eigenvalue weighted by atomic mass is 14.7. The Hall–Kier alpha value is -0.330. The summed E-state index contributed by atoms with van der Waals surface area (Å²) in [5.41, 5.74) is 1.22. The Labute approximate surface area is 113 Å². The zero-order valence-electron chi connectivity index (χ0n) is 13.2. The van der Waals surface area contributed by atoms with Gasteiger partial charge >= 0.3 is 0 Å². The van der Waals surface area contributed by atoms with Crippen molar-refractivity contribution >= 4 is 6.21 Å². The van der Waals surface area contributed by atoms with Gasteiger partial charge in [-0.05, 0) is 48.3 Å².